The number of hydrogen-bond acceptors (Lipinski definition) is 4. The predicted octanol–water partition coefficient (Wildman–Crippen LogP) is 1.56. The number of nitrogens with two attached hydrogens (primary N) is 1. The highest BCUT2D eigenvalue weighted by atomic mass is 79.9. The van der Waals surface area contributed by atoms with Crippen LogP contribution in [0.25, 0.3) is 0 Å². The number of halogens is 1. The summed E-state index contributed by atoms with van der Waals surface area (Å²) in [6.45, 7) is 6.23. The topological polar surface area (TPSA) is 98.5 Å². The molecule has 21 heavy (non-hydrogen) atoms. The van der Waals surface area contributed by atoms with Crippen molar-refractivity contribution in [3.8, 4) is 0 Å². The van der Waals surface area contributed by atoms with E-state index in [1.807, 2.05) is 6.92 Å². The van der Waals surface area contributed by atoms with Gasteiger partial charge in [-0.05, 0) is 38.5 Å². The minimum Gasteiger partial charge on any atom is -0.380 e. The first-order chi connectivity index (χ1) is 9.66. The molecular formula is C13H19BrN2O4S. The van der Waals surface area contributed by atoms with Crippen LogP contribution >= 0.6 is 15.9 Å². The summed E-state index contributed by atoms with van der Waals surface area (Å²) >= 11 is 3.24. The lowest BCUT2D eigenvalue weighted by atomic mass is 10.1. The van der Waals surface area contributed by atoms with Gasteiger partial charge in [-0.2, -0.15) is 0 Å². The maximum absolute atomic E-state index is 12.1. The summed E-state index contributed by atoms with van der Waals surface area (Å²) in [5.74, 6) is -0.382. The first-order valence-electron chi connectivity index (χ1n) is 6.38. The molecule has 8 heteroatoms. The molecule has 6 nitrogen and oxygen atoms in total. The Bertz CT molecular complexity index is 631. The first kappa shape index (κ1) is 18.1. The number of ether oxygens (including phenoxy) is 1. The molecule has 3 N–H and O–H groups in total. The number of amides is 1. The largest absolute Gasteiger partial charge is 0.380 e. The summed E-state index contributed by atoms with van der Waals surface area (Å²) in [4.78, 5) is 12.1. The Balaban J connectivity index is 3.04. The van der Waals surface area contributed by atoms with Crippen molar-refractivity contribution in [2.75, 3.05) is 13.2 Å². The van der Waals surface area contributed by atoms with Crippen molar-refractivity contribution in [2.24, 2.45) is 5.14 Å². The van der Waals surface area contributed by atoms with Crippen LogP contribution in [0.15, 0.2) is 21.5 Å². The second-order valence-corrected chi connectivity index (χ2v) is 7.04. The van der Waals surface area contributed by atoms with Crippen LogP contribution in [0.5, 0.6) is 0 Å². The van der Waals surface area contributed by atoms with E-state index in [0.29, 0.717) is 23.2 Å². The Morgan fingerprint density at radius 2 is 2.10 bits per heavy atom. The minimum atomic E-state index is -3.89. The van der Waals surface area contributed by atoms with E-state index in [1.165, 1.54) is 6.07 Å². The highest BCUT2D eigenvalue weighted by Gasteiger charge is 2.18. The van der Waals surface area contributed by atoms with Crippen LogP contribution in [-0.4, -0.2) is 33.6 Å². The first-order valence-corrected chi connectivity index (χ1v) is 8.72. The fourth-order valence-electron chi connectivity index (χ4n) is 1.72. The maximum Gasteiger partial charge on any atom is 0.251 e. The van der Waals surface area contributed by atoms with Gasteiger partial charge in [-0.15, -0.1) is 0 Å². The molecule has 0 aliphatic carbocycles. The molecule has 1 amide bonds. The van der Waals surface area contributed by atoms with E-state index in [0.717, 1.165) is 0 Å². The van der Waals surface area contributed by atoms with Crippen LogP contribution in [-0.2, 0) is 14.8 Å². The van der Waals surface area contributed by atoms with Gasteiger partial charge in [0.25, 0.3) is 5.91 Å². The summed E-state index contributed by atoms with van der Waals surface area (Å²) in [7, 11) is -3.89. The number of hydrogen-bond donors (Lipinski definition) is 2. The van der Waals surface area contributed by atoms with E-state index < -0.39 is 10.0 Å². The molecular weight excluding hydrogens is 360 g/mol. The quantitative estimate of drug-likeness (QED) is 0.784. The second kappa shape index (κ2) is 7.35. The SMILES string of the molecule is CCOCC(C)NC(=O)c1cc(Br)c(C)c(S(N)(=O)=O)c1. The van der Waals surface area contributed by atoms with Gasteiger partial charge in [-0.3, -0.25) is 4.79 Å². The van der Waals surface area contributed by atoms with Crippen LogP contribution in [0.4, 0.5) is 0 Å². The molecule has 0 heterocycles. The fourth-order valence-corrected chi connectivity index (χ4v) is 3.14. The molecule has 0 fully saturated rings. The molecule has 0 saturated heterocycles. The molecule has 0 spiro atoms. The van der Waals surface area contributed by atoms with E-state index in [4.69, 9.17) is 9.88 Å². The number of benzene rings is 1. The van der Waals surface area contributed by atoms with Gasteiger partial charge in [-0.1, -0.05) is 15.9 Å². The second-order valence-electron chi connectivity index (χ2n) is 4.66. The molecule has 1 unspecified atom stereocenters. The molecule has 1 rings (SSSR count). The molecule has 0 bridgehead atoms. The van der Waals surface area contributed by atoms with Gasteiger partial charge in [0.1, 0.15) is 0 Å². The number of nitrogens with one attached hydrogen (secondary N) is 1. The lowest BCUT2D eigenvalue weighted by molar-refractivity contribution is 0.0871. The predicted molar refractivity (Wildman–Crippen MR) is 83.7 cm³/mol. The van der Waals surface area contributed by atoms with E-state index in [9.17, 15) is 13.2 Å². The lowest BCUT2D eigenvalue weighted by Gasteiger charge is -2.15. The molecule has 1 atom stereocenters. The molecule has 0 aliphatic rings. The Hall–Kier alpha value is -0.960. The third kappa shape index (κ3) is 5.06. The average molecular weight is 379 g/mol. The van der Waals surface area contributed by atoms with Gasteiger partial charge in [0.2, 0.25) is 10.0 Å². The van der Waals surface area contributed by atoms with Gasteiger partial charge in [0.15, 0.2) is 0 Å². The number of carbonyl (C=O) groups is 1. The smallest absolute Gasteiger partial charge is 0.251 e. The number of primary sulfonamides is 1. The zero-order valence-electron chi connectivity index (χ0n) is 12.1. The Morgan fingerprint density at radius 3 is 2.62 bits per heavy atom. The van der Waals surface area contributed by atoms with Crippen molar-refractivity contribution in [1.82, 2.24) is 5.32 Å². The molecule has 0 saturated carbocycles. The minimum absolute atomic E-state index is 0.0699. The summed E-state index contributed by atoms with van der Waals surface area (Å²) in [5, 5.41) is 7.90. The highest BCUT2D eigenvalue weighted by Crippen LogP contribution is 2.25. The van der Waals surface area contributed by atoms with Crippen LogP contribution in [0.3, 0.4) is 0 Å². The third-order valence-corrected chi connectivity index (χ3v) is 4.68. The van der Waals surface area contributed by atoms with Crippen LogP contribution in [0.1, 0.15) is 29.8 Å². The molecule has 1 aromatic rings. The van der Waals surface area contributed by atoms with Gasteiger partial charge in [0.05, 0.1) is 11.5 Å². The van der Waals surface area contributed by atoms with Gasteiger partial charge in [-0.25, -0.2) is 13.6 Å². The summed E-state index contributed by atoms with van der Waals surface area (Å²) in [6.07, 6.45) is 0. The van der Waals surface area contributed by atoms with Crippen molar-refractivity contribution in [3.05, 3.63) is 27.7 Å². The Morgan fingerprint density at radius 1 is 1.48 bits per heavy atom. The number of sulfonamides is 1. The van der Waals surface area contributed by atoms with E-state index >= 15 is 0 Å². The van der Waals surface area contributed by atoms with Crippen molar-refractivity contribution in [3.63, 3.8) is 0 Å². The average Bonchev–Trinajstić information content (AvgIpc) is 2.37. The van der Waals surface area contributed by atoms with Crippen molar-refractivity contribution >= 4 is 31.9 Å². The number of rotatable bonds is 6. The molecule has 0 aliphatic heterocycles. The molecule has 0 aromatic heterocycles. The van der Waals surface area contributed by atoms with Gasteiger partial charge >= 0.3 is 0 Å². The summed E-state index contributed by atoms with van der Waals surface area (Å²) in [6, 6.07) is 2.65. The molecule has 1 aromatic carbocycles. The molecule has 118 valence electrons. The fraction of sp³-hybridized carbons (Fsp3) is 0.462. The van der Waals surface area contributed by atoms with Gasteiger partial charge < -0.3 is 10.1 Å². The Labute approximate surface area is 133 Å². The van der Waals surface area contributed by atoms with Crippen molar-refractivity contribution in [2.45, 2.75) is 31.7 Å². The number of carbonyl (C=O) groups excluding carboxylic acids is 1. The zero-order chi connectivity index (χ0) is 16.2. The van der Waals surface area contributed by atoms with E-state index in [2.05, 4.69) is 21.2 Å². The standard InChI is InChI=1S/C13H19BrN2O4S/c1-4-20-7-8(2)16-13(17)10-5-11(14)9(3)12(6-10)21(15,18)19/h5-6,8H,4,7H2,1-3H3,(H,16,17)(H2,15,18,19). The van der Waals surface area contributed by atoms with Gasteiger partial charge in [0, 0.05) is 22.7 Å². The van der Waals surface area contributed by atoms with Crippen LogP contribution in [0, 0.1) is 6.92 Å². The molecule has 0 radical (unpaired) electrons. The maximum atomic E-state index is 12.1. The normalized spacial score (nSPS) is 13.0. The third-order valence-electron chi connectivity index (χ3n) is 2.81. The highest BCUT2D eigenvalue weighted by molar-refractivity contribution is 9.10. The Kier molecular flexibility index (Phi) is 6.33. The summed E-state index contributed by atoms with van der Waals surface area (Å²) in [5.41, 5.74) is 0.691. The van der Waals surface area contributed by atoms with Crippen LogP contribution < -0.4 is 10.5 Å². The summed E-state index contributed by atoms with van der Waals surface area (Å²) < 4.78 is 28.8. The van der Waals surface area contributed by atoms with Crippen molar-refractivity contribution in [1.29, 1.82) is 0 Å². The monoisotopic (exact) mass is 378 g/mol. The zero-order valence-corrected chi connectivity index (χ0v) is 14.5. The van der Waals surface area contributed by atoms with Crippen LogP contribution in [0.2, 0.25) is 0 Å². The van der Waals surface area contributed by atoms with E-state index in [-0.39, 0.29) is 22.4 Å². The van der Waals surface area contributed by atoms with E-state index in [1.54, 1.807) is 19.9 Å². The van der Waals surface area contributed by atoms with Crippen molar-refractivity contribution < 1.29 is 17.9 Å². The lowest BCUT2D eigenvalue weighted by Crippen LogP contribution is -2.36.